The summed E-state index contributed by atoms with van der Waals surface area (Å²) < 4.78 is 7.50. The highest BCUT2D eigenvalue weighted by atomic mass is 16.5. The smallest absolute Gasteiger partial charge is 0.272 e. The van der Waals surface area contributed by atoms with Crippen molar-refractivity contribution in [3.63, 3.8) is 0 Å². The highest BCUT2D eigenvalue weighted by Crippen LogP contribution is 2.36. The predicted octanol–water partition coefficient (Wildman–Crippen LogP) is 0.865. The molecule has 4 heterocycles. The van der Waals surface area contributed by atoms with Crippen molar-refractivity contribution < 1.29 is 33.8 Å². The number of rotatable bonds is 3. The van der Waals surface area contributed by atoms with E-state index >= 15 is 0 Å². The molecule has 4 N–H and O–H groups in total. The molecule has 0 radical (unpaired) electrons. The standard InChI is InChI=1S/C36H48N8O7/c1-21(2)28-32(48)38-20-36(11-15-43(16-12-36)34(50)30-22(3)39-35-37-13-8-14-44(30)35)18-25-9-7-10-26(17-25)51-19-27(46)40-29(24(5)45)33(49)42(6)23(4)31(47)41-28/h7-10,13-14,17,21,23-24,28-29,45H,11-12,15-16,18-20H2,1-6H3,(H,38,48)(H,40,46)(H,41,47)/t23-,24+,28+,29-/m0/s1. The molecule has 3 aromatic rings. The number of amides is 5. The van der Waals surface area contributed by atoms with Gasteiger partial charge in [-0.25, -0.2) is 9.97 Å². The van der Waals surface area contributed by atoms with Gasteiger partial charge in [-0.2, -0.15) is 0 Å². The number of carbonyl (C=O) groups excluding carboxylic acids is 5. The summed E-state index contributed by atoms with van der Waals surface area (Å²) >= 11 is 0. The van der Waals surface area contributed by atoms with E-state index in [0.717, 1.165) is 10.5 Å². The summed E-state index contributed by atoms with van der Waals surface area (Å²) in [6.45, 7) is 9.06. The molecule has 1 spiro atoms. The van der Waals surface area contributed by atoms with Gasteiger partial charge in [0.1, 0.15) is 29.6 Å². The van der Waals surface area contributed by atoms with Crippen molar-refractivity contribution in [1.82, 2.24) is 40.1 Å². The number of benzene rings is 1. The van der Waals surface area contributed by atoms with Gasteiger partial charge >= 0.3 is 0 Å². The zero-order valence-electron chi connectivity index (χ0n) is 30.0. The number of nitrogens with zero attached hydrogens (tertiary/aromatic N) is 5. The third-order valence-corrected chi connectivity index (χ3v) is 10.00. The lowest BCUT2D eigenvalue weighted by molar-refractivity contribution is -0.144. The first-order valence-electron chi connectivity index (χ1n) is 17.3. The van der Waals surface area contributed by atoms with E-state index in [2.05, 4.69) is 25.9 Å². The monoisotopic (exact) mass is 704 g/mol. The van der Waals surface area contributed by atoms with Crippen LogP contribution >= 0.6 is 0 Å². The summed E-state index contributed by atoms with van der Waals surface area (Å²) in [5, 5.41) is 18.8. The van der Waals surface area contributed by atoms with E-state index in [0.29, 0.717) is 55.3 Å². The fourth-order valence-electron chi connectivity index (χ4n) is 6.72. The van der Waals surface area contributed by atoms with Crippen LogP contribution < -0.4 is 20.7 Å². The van der Waals surface area contributed by atoms with Crippen molar-refractivity contribution in [2.24, 2.45) is 11.3 Å². The van der Waals surface area contributed by atoms with Crippen LogP contribution in [-0.4, -0.2) is 116 Å². The third-order valence-electron chi connectivity index (χ3n) is 10.00. The van der Waals surface area contributed by atoms with Gasteiger partial charge in [0.2, 0.25) is 23.5 Å². The summed E-state index contributed by atoms with van der Waals surface area (Å²) in [4.78, 5) is 78.9. The molecule has 1 saturated heterocycles. The number of likely N-dealkylation sites (N-methyl/N-ethyl adjacent to an activating group) is 1. The highest BCUT2D eigenvalue weighted by Gasteiger charge is 2.39. The van der Waals surface area contributed by atoms with E-state index < -0.39 is 54.0 Å². The Labute approximate surface area is 297 Å². The molecule has 0 aliphatic carbocycles. The number of carbonyl (C=O) groups is 5. The molecule has 274 valence electrons. The fourth-order valence-corrected chi connectivity index (χ4v) is 6.72. The molecule has 2 aliphatic rings. The molecule has 2 aliphatic heterocycles. The van der Waals surface area contributed by atoms with Crippen molar-refractivity contribution in [1.29, 1.82) is 0 Å². The molecule has 0 saturated carbocycles. The minimum atomic E-state index is -1.33. The number of fused-ring (bicyclic) bond motifs is 3. The fraction of sp³-hybridized carbons (Fsp3) is 0.528. The van der Waals surface area contributed by atoms with Gasteiger partial charge in [0.05, 0.1) is 11.8 Å². The number of piperidine rings is 1. The molecule has 5 rings (SSSR count). The average Bonchev–Trinajstić information content (AvgIpc) is 3.45. The SMILES string of the molecule is Cc1nc2ncccn2c1C(=O)N1CCC2(CC1)CNC(=O)[C@@H](C(C)C)NC(=O)[C@H](C)N(C)C(=O)[C@H]([C@@H](C)O)NC(=O)COc1cccc(c1)C2. The first kappa shape index (κ1) is 37.2. The van der Waals surface area contributed by atoms with Crippen LogP contribution in [0.4, 0.5) is 0 Å². The molecule has 0 unspecified atom stereocenters. The summed E-state index contributed by atoms with van der Waals surface area (Å²) in [5.74, 6) is -1.76. The van der Waals surface area contributed by atoms with Gasteiger partial charge < -0.3 is 35.6 Å². The van der Waals surface area contributed by atoms with Gasteiger partial charge in [0.15, 0.2) is 6.61 Å². The molecule has 15 nitrogen and oxygen atoms in total. The molecule has 5 amide bonds. The molecular weight excluding hydrogens is 656 g/mol. The number of nitrogens with one attached hydrogen (secondary N) is 3. The molecular formula is C36H48N8O7. The van der Waals surface area contributed by atoms with Crippen LogP contribution in [0.25, 0.3) is 5.78 Å². The van der Waals surface area contributed by atoms with Gasteiger partial charge in [0.25, 0.3) is 11.8 Å². The number of aliphatic hydroxyl groups excluding tert-OH is 1. The van der Waals surface area contributed by atoms with Gasteiger partial charge in [-0.3, -0.25) is 28.4 Å². The Kier molecular flexibility index (Phi) is 11.3. The Hall–Kier alpha value is -5.05. The number of aromatic nitrogens is 3. The minimum Gasteiger partial charge on any atom is -0.484 e. The molecule has 2 aromatic heterocycles. The maximum absolute atomic E-state index is 13.8. The van der Waals surface area contributed by atoms with Crippen molar-refractivity contribution in [2.75, 3.05) is 33.3 Å². The maximum Gasteiger partial charge on any atom is 0.272 e. The first-order valence-corrected chi connectivity index (χ1v) is 17.3. The Bertz CT molecular complexity index is 1780. The number of hydrogen-bond donors (Lipinski definition) is 4. The van der Waals surface area contributed by atoms with E-state index in [-0.39, 0.29) is 24.3 Å². The Morgan fingerprint density at radius 2 is 1.76 bits per heavy atom. The number of hydrogen-bond acceptors (Lipinski definition) is 9. The van der Waals surface area contributed by atoms with Gasteiger partial charge in [-0.1, -0.05) is 26.0 Å². The van der Waals surface area contributed by atoms with Crippen molar-refractivity contribution in [3.05, 3.63) is 59.7 Å². The van der Waals surface area contributed by atoms with Crippen molar-refractivity contribution >= 4 is 35.3 Å². The lowest BCUT2D eigenvalue weighted by Crippen LogP contribution is -2.59. The third kappa shape index (κ3) is 8.30. The quantitative estimate of drug-likeness (QED) is 0.307. The van der Waals surface area contributed by atoms with Gasteiger partial charge in [0, 0.05) is 39.1 Å². The van der Waals surface area contributed by atoms with E-state index in [1.807, 2.05) is 32.0 Å². The van der Waals surface area contributed by atoms with Crippen molar-refractivity contribution in [2.45, 2.75) is 78.1 Å². The van der Waals surface area contributed by atoms with Crippen LogP contribution in [0, 0.1) is 18.3 Å². The number of aliphatic hydroxyl groups is 1. The maximum atomic E-state index is 13.8. The summed E-state index contributed by atoms with van der Waals surface area (Å²) in [5.41, 5.74) is 1.51. The van der Waals surface area contributed by atoms with E-state index in [1.165, 1.54) is 20.9 Å². The molecule has 1 aromatic carbocycles. The largest absolute Gasteiger partial charge is 0.484 e. The highest BCUT2D eigenvalue weighted by molar-refractivity contribution is 5.95. The van der Waals surface area contributed by atoms with Crippen molar-refractivity contribution in [3.8, 4) is 5.75 Å². The molecule has 51 heavy (non-hydrogen) atoms. The second-order valence-electron chi connectivity index (χ2n) is 14.1. The van der Waals surface area contributed by atoms with Crippen LogP contribution in [0.15, 0.2) is 42.7 Å². The summed E-state index contributed by atoms with van der Waals surface area (Å²) in [6, 6.07) is 5.82. The molecule has 2 bridgehead atoms. The second-order valence-corrected chi connectivity index (χ2v) is 14.1. The summed E-state index contributed by atoms with van der Waals surface area (Å²) in [7, 11) is 1.40. The number of aryl methyl sites for hydroxylation is 1. The van der Waals surface area contributed by atoms with Gasteiger partial charge in [-0.05, 0) is 75.1 Å². The topological polar surface area (TPSA) is 188 Å². The number of likely N-dealkylation sites (tertiary alicyclic amines) is 1. The lowest BCUT2D eigenvalue weighted by Gasteiger charge is -2.42. The van der Waals surface area contributed by atoms with Crippen LogP contribution in [0.2, 0.25) is 0 Å². The normalized spacial score (nSPS) is 23.1. The zero-order valence-corrected chi connectivity index (χ0v) is 30.0. The summed E-state index contributed by atoms with van der Waals surface area (Å²) in [6.07, 6.45) is 3.83. The lowest BCUT2D eigenvalue weighted by atomic mass is 9.73. The van der Waals surface area contributed by atoms with E-state index in [9.17, 15) is 29.1 Å². The molecule has 15 heteroatoms. The minimum absolute atomic E-state index is 0.144. The van der Waals surface area contributed by atoms with Crippen LogP contribution in [0.3, 0.4) is 0 Å². The molecule has 4 atom stereocenters. The zero-order chi connectivity index (χ0) is 37.0. The number of ether oxygens (including phenoxy) is 1. The van der Waals surface area contributed by atoms with Crippen LogP contribution in [0.1, 0.15) is 62.3 Å². The Morgan fingerprint density at radius 1 is 1.04 bits per heavy atom. The van der Waals surface area contributed by atoms with Crippen LogP contribution in [0.5, 0.6) is 5.75 Å². The number of imidazole rings is 1. The second kappa shape index (κ2) is 15.5. The Balaban J connectivity index is 1.42. The average molecular weight is 705 g/mol. The van der Waals surface area contributed by atoms with E-state index in [4.69, 9.17) is 4.74 Å². The Morgan fingerprint density at radius 3 is 2.45 bits per heavy atom. The first-order chi connectivity index (χ1) is 24.2. The van der Waals surface area contributed by atoms with Gasteiger partial charge in [-0.15, -0.1) is 0 Å². The predicted molar refractivity (Wildman–Crippen MR) is 187 cm³/mol. The van der Waals surface area contributed by atoms with Crippen LogP contribution in [-0.2, 0) is 25.6 Å². The van der Waals surface area contributed by atoms with E-state index in [1.54, 1.807) is 40.8 Å². The molecule has 1 fully saturated rings.